The maximum absolute atomic E-state index is 8.31. The van der Waals surface area contributed by atoms with Crippen LogP contribution in [0.2, 0.25) is 19.6 Å². The predicted molar refractivity (Wildman–Crippen MR) is 425 cm³/mol. The number of terminal acetylenes is 1. The van der Waals surface area contributed by atoms with Gasteiger partial charge in [0, 0.05) is 38.9 Å². The summed E-state index contributed by atoms with van der Waals surface area (Å²) in [6.07, 6.45) is 29.7. The summed E-state index contributed by atoms with van der Waals surface area (Å²) in [4.78, 5) is 2.24. The Bertz CT molecular complexity index is 1910. The van der Waals surface area contributed by atoms with E-state index in [1.165, 1.54) is 88.3 Å². The van der Waals surface area contributed by atoms with E-state index in [0.29, 0.717) is 41.8 Å². The van der Waals surface area contributed by atoms with Gasteiger partial charge in [0.05, 0.1) is 38.8 Å². The van der Waals surface area contributed by atoms with Crippen LogP contribution < -0.4 is 0 Å². The van der Waals surface area contributed by atoms with Crippen molar-refractivity contribution in [3.05, 3.63) is 71.7 Å². The van der Waals surface area contributed by atoms with E-state index in [9.17, 15) is 0 Å². The first kappa shape index (κ1) is 102. The van der Waals surface area contributed by atoms with Crippen LogP contribution in [0.4, 0.5) is 0 Å². The first-order chi connectivity index (χ1) is 43.9. The minimum absolute atomic E-state index is 0.0880. The highest BCUT2D eigenvalue weighted by Crippen LogP contribution is 2.61. The molecular formula is C86H167NO6Si. The van der Waals surface area contributed by atoms with Crippen molar-refractivity contribution >= 4 is 8.07 Å². The number of nitrogens with zero attached hydrogens (tertiary/aromatic N) is 1. The third kappa shape index (κ3) is 83.6. The lowest BCUT2D eigenvalue weighted by atomic mass is 10.0. The molecule has 1 aromatic carbocycles. The Morgan fingerprint density at radius 3 is 1.52 bits per heavy atom. The van der Waals surface area contributed by atoms with Crippen molar-refractivity contribution in [3.8, 4) is 23.8 Å². The summed E-state index contributed by atoms with van der Waals surface area (Å²) in [5, 5.41) is 8.31. The lowest BCUT2D eigenvalue weighted by Crippen LogP contribution is -2.16. The van der Waals surface area contributed by atoms with E-state index in [1.807, 2.05) is 26.0 Å². The summed E-state index contributed by atoms with van der Waals surface area (Å²) < 4.78 is 26.1. The van der Waals surface area contributed by atoms with Crippen LogP contribution in [0.25, 0.3) is 0 Å². The van der Waals surface area contributed by atoms with E-state index < -0.39 is 8.07 Å². The highest BCUT2D eigenvalue weighted by Gasteiger charge is 2.55. The third-order valence-corrected chi connectivity index (χ3v) is 15.4. The Morgan fingerprint density at radius 2 is 1.15 bits per heavy atom. The third-order valence-electron chi connectivity index (χ3n) is 14.5. The normalized spacial score (nSPS) is 15.8. The monoisotopic (exact) mass is 1340 g/mol. The van der Waals surface area contributed by atoms with Crippen LogP contribution in [0, 0.1) is 100 Å². The summed E-state index contributed by atoms with van der Waals surface area (Å²) >= 11 is 0. The lowest BCUT2D eigenvalue weighted by Gasteiger charge is -2.10. The van der Waals surface area contributed by atoms with Gasteiger partial charge in [-0.25, -0.2) is 0 Å². The van der Waals surface area contributed by atoms with Gasteiger partial charge in [0.2, 0.25) is 0 Å². The Kier molecular flexibility index (Phi) is 73.5. The highest BCUT2D eigenvalue weighted by atomic mass is 28.3. The van der Waals surface area contributed by atoms with Crippen LogP contribution >= 0.6 is 0 Å². The first-order valence-corrected chi connectivity index (χ1v) is 41.7. The molecule has 94 heavy (non-hydrogen) atoms. The molecule has 1 N–H and O–H groups in total. The van der Waals surface area contributed by atoms with E-state index in [4.69, 9.17) is 34.9 Å². The zero-order valence-electron chi connectivity index (χ0n) is 69.1. The number of hydrogen-bond donors (Lipinski definition) is 1. The van der Waals surface area contributed by atoms with E-state index in [2.05, 4.69) is 266 Å². The Balaban J connectivity index is -0.000000229. The molecule has 1 saturated carbocycles. The predicted octanol–water partition coefficient (Wildman–Crippen LogP) is 25.1. The van der Waals surface area contributed by atoms with Gasteiger partial charge in [0.1, 0.15) is 13.8 Å². The van der Waals surface area contributed by atoms with E-state index in [1.54, 1.807) is 6.26 Å². The van der Waals surface area contributed by atoms with Gasteiger partial charge < -0.3 is 33.4 Å². The summed E-state index contributed by atoms with van der Waals surface area (Å²) in [5.41, 5.74) is 6.83. The summed E-state index contributed by atoms with van der Waals surface area (Å²) in [7, 11) is 3.17. The molecule has 0 bridgehead atoms. The molecule has 3 fully saturated rings. The Morgan fingerprint density at radius 1 is 0.628 bits per heavy atom. The lowest BCUT2D eigenvalue weighted by molar-refractivity contribution is -0.0541. The molecule has 2 aromatic rings. The molecule has 0 amide bonds. The van der Waals surface area contributed by atoms with Crippen molar-refractivity contribution in [1.82, 2.24) is 4.90 Å². The summed E-state index contributed by atoms with van der Waals surface area (Å²) in [5.74, 6) is 16.3. The fourth-order valence-electron chi connectivity index (χ4n) is 9.50. The Hall–Kier alpha value is -2.66. The average Bonchev–Trinajstić information content (AvgIpc) is 1.59. The van der Waals surface area contributed by atoms with Crippen LogP contribution in [0.15, 0.2) is 64.8 Å². The number of unbranched alkanes of at least 4 members (excludes halogenated alkanes) is 2. The van der Waals surface area contributed by atoms with Crippen molar-refractivity contribution in [3.63, 3.8) is 0 Å². The van der Waals surface area contributed by atoms with Crippen molar-refractivity contribution < 1.29 is 28.5 Å². The van der Waals surface area contributed by atoms with Gasteiger partial charge in [-0.1, -0.05) is 260 Å². The molecule has 2 saturated heterocycles. The zero-order valence-corrected chi connectivity index (χ0v) is 70.1. The van der Waals surface area contributed by atoms with Crippen LogP contribution in [0.3, 0.4) is 0 Å². The smallest absolute Gasteiger partial charge is 0.158 e. The second kappa shape index (κ2) is 67.5. The minimum atomic E-state index is -1.09. The number of benzene rings is 1. The maximum atomic E-state index is 8.31. The molecule has 556 valence electrons. The second-order valence-electron chi connectivity index (χ2n) is 32.4. The van der Waals surface area contributed by atoms with Gasteiger partial charge in [0.25, 0.3) is 0 Å². The van der Waals surface area contributed by atoms with Crippen molar-refractivity contribution in [2.75, 3.05) is 60.3 Å². The van der Waals surface area contributed by atoms with Gasteiger partial charge >= 0.3 is 0 Å². The topological polar surface area (TPSA) is 73.5 Å². The molecule has 0 spiro atoms. The van der Waals surface area contributed by atoms with Crippen LogP contribution in [-0.4, -0.2) is 90.8 Å². The van der Waals surface area contributed by atoms with Gasteiger partial charge in [-0.3, -0.25) is 0 Å². The molecular weight excluding hydrogens is 1170 g/mol. The minimum Gasteiger partial charge on any atom is -0.469 e. The maximum Gasteiger partial charge on any atom is 0.158 e. The molecule has 3 aliphatic rings. The number of furan rings is 1. The number of rotatable bonds is 26. The SMILES string of the molecule is C#CCC(C)C.CC.CC(C)=CC1C(CC(C)C)C1(C)C.CC(C)CC#C[Si](C)(C)C.CC(C)CC1CCCO1.CC(C)CC1OCCO1.CC(C)CCCN(C)C.CC(C)CCOCCO.CC(C)Cc1ccccc1.CC(C)Cc1ccco1.CCCCCC(C)C. The highest BCUT2D eigenvalue weighted by molar-refractivity contribution is 6.83. The number of aliphatic hydroxyl groups excluding tert-OH is 1. The molecule has 3 unspecified atom stereocenters. The van der Waals surface area contributed by atoms with Gasteiger partial charge in [-0.15, -0.1) is 23.8 Å². The van der Waals surface area contributed by atoms with Crippen LogP contribution in [-0.2, 0) is 31.8 Å². The molecule has 7 nitrogen and oxygen atoms in total. The molecule has 5 rings (SSSR count). The molecule has 3 atom stereocenters. The molecule has 1 aromatic heterocycles. The number of hydrogen-bond acceptors (Lipinski definition) is 7. The number of allylic oxidation sites excluding steroid dienone is 2. The summed E-state index contributed by atoms with van der Waals surface area (Å²) in [6.45, 7) is 71.9. The summed E-state index contributed by atoms with van der Waals surface area (Å²) in [6, 6.07) is 14.6. The van der Waals surface area contributed by atoms with Crippen LogP contribution in [0.1, 0.15) is 288 Å². The fourth-order valence-corrected chi connectivity index (χ4v) is 10.1. The van der Waals surface area contributed by atoms with E-state index >= 15 is 0 Å². The molecule has 0 radical (unpaired) electrons. The molecule has 3 heterocycles. The fraction of sp³-hybridized carbons (Fsp3) is 0.814. The first-order valence-electron chi connectivity index (χ1n) is 38.2. The molecule has 8 heteroatoms. The largest absolute Gasteiger partial charge is 0.469 e. The van der Waals surface area contributed by atoms with E-state index in [0.717, 1.165) is 112 Å². The average molecular weight is 1340 g/mol. The molecule has 1 aliphatic carbocycles. The van der Waals surface area contributed by atoms with Gasteiger partial charge in [-0.2, -0.15) is 0 Å². The number of aliphatic hydroxyl groups is 1. The Labute approximate surface area is 592 Å². The van der Waals surface area contributed by atoms with Crippen molar-refractivity contribution in [1.29, 1.82) is 0 Å². The van der Waals surface area contributed by atoms with Crippen molar-refractivity contribution in [2.24, 2.45) is 76.4 Å². The quantitative estimate of drug-likeness (QED) is 0.0435. The zero-order chi connectivity index (χ0) is 73.7. The van der Waals surface area contributed by atoms with Gasteiger partial charge in [0.15, 0.2) is 6.29 Å². The van der Waals surface area contributed by atoms with E-state index in [-0.39, 0.29) is 12.9 Å². The molecule has 2 aliphatic heterocycles. The van der Waals surface area contributed by atoms with Gasteiger partial charge in [-0.05, 0) is 180 Å². The standard InChI is InChI=1S/C13H24.C10H14.C9H18Si.C8H19N.C8H16O.C8H12O.C8H18.C7H14O2.C7H16O2.C6H10.C2H6/c1-9(2)7-11-12(8-10(3)4)13(11,5)6;1-9(2)8-10-6-4-3-5-7-10;1-9(2)7-6-8-10(3,4)5;1-8(2)6-5-7-9(3)4;2*1-7(2)6-8-4-3-5-9-8;1-4-5-6-7-8(2)3;1-6(2)5-7-8-3-4-9-7;1-7(2)3-5-9-6-4-8;1-4-5-6(2)3;1-2/h7,10-12H,8H2,1-6H3;3-7,9H,8H2,1-2H3;9H,7H2,1-5H3;8H,5-7H2,1-4H3;7-8H,3-6H2,1-2H3;3-5,7H,6H2,1-2H3;8H,4-7H2,1-3H3;6-7H,3-5H2,1-2H3;7-8H,3-6H2,1-2H3;1,6H,5H2,2-3H3;1-2H3. The van der Waals surface area contributed by atoms with Crippen LogP contribution in [0.5, 0.6) is 0 Å². The van der Waals surface area contributed by atoms with Crippen molar-refractivity contribution in [2.45, 2.75) is 322 Å². The number of ether oxygens (including phenoxy) is 4. The second-order valence-corrected chi connectivity index (χ2v) is 37.1.